The Balaban J connectivity index is 2.26. The van der Waals surface area contributed by atoms with E-state index >= 15 is 0 Å². The summed E-state index contributed by atoms with van der Waals surface area (Å²) in [6.45, 7) is 0.947. The van der Waals surface area contributed by atoms with Crippen LogP contribution >= 0.6 is 0 Å². The molecule has 1 amide bonds. The lowest BCUT2D eigenvalue weighted by atomic mass is 10.2. The van der Waals surface area contributed by atoms with E-state index in [4.69, 9.17) is 4.74 Å². The Morgan fingerprint density at radius 1 is 1.35 bits per heavy atom. The van der Waals surface area contributed by atoms with Gasteiger partial charge in [0.1, 0.15) is 12.0 Å². The fourth-order valence-corrected chi connectivity index (χ4v) is 1.54. The van der Waals surface area contributed by atoms with E-state index in [2.05, 4.69) is 15.3 Å². The van der Waals surface area contributed by atoms with Gasteiger partial charge < -0.3 is 10.1 Å². The number of aromatic nitrogens is 2. The molecule has 88 valence electrons. The van der Waals surface area contributed by atoms with Crippen molar-refractivity contribution in [2.45, 2.75) is 0 Å². The van der Waals surface area contributed by atoms with Crippen LogP contribution in [0.2, 0.25) is 0 Å². The summed E-state index contributed by atoms with van der Waals surface area (Å²) in [5.41, 5.74) is 1.16. The van der Waals surface area contributed by atoms with Crippen molar-refractivity contribution in [1.82, 2.24) is 15.3 Å². The monoisotopic (exact) mass is 231 g/mol. The van der Waals surface area contributed by atoms with Gasteiger partial charge in [0.25, 0.3) is 5.91 Å². The lowest BCUT2D eigenvalue weighted by Crippen LogP contribution is -2.28. The summed E-state index contributed by atoms with van der Waals surface area (Å²) in [5.74, 6) is -0.208. The topological polar surface area (TPSA) is 64.1 Å². The number of nitrogens with zero attached hydrogens (tertiary/aromatic N) is 2. The van der Waals surface area contributed by atoms with Crippen molar-refractivity contribution < 1.29 is 9.53 Å². The Morgan fingerprint density at radius 3 is 3.00 bits per heavy atom. The van der Waals surface area contributed by atoms with Crippen LogP contribution in [0.1, 0.15) is 10.5 Å². The third-order valence-corrected chi connectivity index (χ3v) is 2.35. The van der Waals surface area contributed by atoms with Crippen LogP contribution in [0.3, 0.4) is 0 Å². The molecule has 0 aliphatic heterocycles. The summed E-state index contributed by atoms with van der Waals surface area (Å²) in [4.78, 5) is 20.0. The van der Waals surface area contributed by atoms with Crippen molar-refractivity contribution in [2.24, 2.45) is 0 Å². The van der Waals surface area contributed by atoms with Gasteiger partial charge in [0.15, 0.2) is 0 Å². The SMILES string of the molecule is COCCNC(=O)c1ncnc2ccccc12. The lowest BCUT2D eigenvalue weighted by molar-refractivity contribution is 0.0934. The largest absolute Gasteiger partial charge is 0.383 e. The number of ether oxygens (including phenoxy) is 1. The molecule has 0 bridgehead atoms. The first kappa shape index (κ1) is 11.5. The maximum atomic E-state index is 11.9. The normalized spacial score (nSPS) is 10.4. The van der Waals surface area contributed by atoms with Crippen molar-refractivity contribution in [3.63, 3.8) is 0 Å². The van der Waals surface area contributed by atoms with Crippen LogP contribution in [0.4, 0.5) is 0 Å². The summed E-state index contributed by atoms with van der Waals surface area (Å²) in [6, 6.07) is 7.42. The van der Waals surface area contributed by atoms with Gasteiger partial charge in [0.05, 0.1) is 12.1 Å². The molecular formula is C12H13N3O2. The predicted octanol–water partition coefficient (Wildman–Crippen LogP) is 1.01. The fourth-order valence-electron chi connectivity index (χ4n) is 1.54. The van der Waals surface area contributed by atoms with Crippen LogP contribution in [0, 0.1) is 0 Å². The second-order valence-corrected chi connectivity index (χ2v) is 3.49. The molecule has 1 heterocycles. The molecule has 2 aromatic rings. The first-order valence-corrected chi connectivity index (χ1v) is 5.30. The number of benzene rings is 1. The number of methoxy groups -OCH3 is 1. The van der Waals surface area contributed by atoms with E-state index in [0.29, 0.717) is 18.8 Å². The molecule has 5 heteroatoms. The molecule has 2 rings (SSSR count). The minimum absolute atomic E-state index is 0.208. The molecular weight excluding hydrogens is 218 g/mol. The first-order valence-electron chi connectivity index (χ1n) is 5.30. The van der Waals surface area contributed by atoms with E-state index in [1.54, 1.807) is 7.11 Å². The Hall–Kier alpha value is -2.01. The number of rotatable bonds is 4. The molecule has 1 N–H and O–H groups in total. The van der Waals surface area contributed by atoms with Gasteiger partial charge >= 0.3 is 0 Å². The summed E-state index contributed by atoms with van der Waals surface area (Å²) in [6.07, 6.45) is 1.40. The standard InChI is InChI=1S/C12H13N3O2/c1-17-7-6-13-12(16)11-9-4-2-3-5-10(9)14-8-15-11/h2-5,8H,6-7H2,1H3,(H,13,16). The minimum atomic E-state index is -0.208. The minimum Gasteiger partial charge on any atom is -0.383 e. The van der Waals surface area contributed by atoms with Crippen LogP contribution in [0.25, 0.3) is 10.9 Å². The quantitative estimate of drug-likeness (QED) is 0.797. The molecule has 0 radical (unpaired) electrons. The van der Waals surface area contributed by atoms with Crippen LogP contribution < -0.4 is 5.32 Å². The van der Waals surface area contributed by atoms with Crippen LogP contribution in [0.5, 0.6) is 0 Å². The summed E-state index contributed by atoms with van der Waals surface area (Å²) in [7, 11) is 1.59. The highest BCUT2D eigenvalue weighted by Gasteiger charge is 2.10. The maximum absolute atomic E-state index is 11.9. The van der Waals surface area contributed by atoms with Crippen LogP contribution in [-0.4, -0.2) is 36.1 Å². The van der Waals surface area contributed by atoms with Gasteiger partial charge in [0.2, 0.25) is 0 Å². The highest BCUT2D eigenvalue weighted by atomic mass is 16.5. The Kier molecular flexibility index (Phi) is 3.62. The van der Waals surface area contributed by atoms with Gasteiger partial charge in [-0.2, -0.15) is 0 Å². The zero-order chi connectivity index (χ0) is 12.1. The van der Waals surface area contributed by atoms with Crippen LogP contribution in [-0.2, 0) is 4.74 Å². The molecule has 1 aromatic heterocycles. The number of hydrogen-bond acceptors (Lipinski definition) is 4. The zero-order valence-corrected chi connectivity index (χ0v) is 9.51. The smallest absolute Gasteiger partial charge is 0.270 e. The van der Waals surface area contributed by atoms with Crippen molar-refractivity contribution in [2.75, 3.05) is 20.3 Å². The first-order chi connectivity index (χ1) is 8.33. The van der Waals surface area contributed by atoms with E-state index in [-0.39, 0.29) is 5.91 Å². The van der Waals surface area contributed by atoms with Crippen LogP contribution in [0.15, 0.2) is 30.6 Å². The van der Waals surface area contributed by atoms with E-state index in [1.165, 1.54) is 6.33 Å². The molecule has 0 saturated carbocycles. The number of hydrogen-bond donors (Lipinski definition) is 1. The number of nitrogens with one attached hydrogen (secondary N) is 1. The molecule has 0 spiro atoms. The molecule has 1 aromatic carbocycles. The third-order valence-electron chi connectivity index (χ3n) is 2.35. The van der Waals surface area contributed by atoms with Gasteiger partial charge in [-0.25, -0.2) is 9.97 Å². The van der Waals surface area contributed by atoms with Gasteiger partial charge in [-0.05, 0) is 6.07 Å². The Bertz CT molecular complexity index is 523. The fraction of sp³-hybridized carbons (Fsp3) is 0.250. The molecule has 0 aliphatic rings. The Labute approximate surface area is 98.8 Å². The van der Waals surface area contributed by atoms with Gasteiger partial charge in [0, 0.05) is 19.0 Å². The van der Waals surface area contributed by atoms with Crippen molar-refractivity contribution in [1.29, 1.82) is 0 Å². The number of carbonyl (C=O) groups is 1. The summed E-state index contributed by atoms with van der Waals surface area (Å²) >= 11 is 0. The maximum Gasteiger partial charge on any atom is 0.270 e. The summed E-state index contributed by atoms with van der Waals surface area (Å²) in [5, 5.41) is 3.49. The number of amides is 1. The van der Waals surface area contributed by atoms with E-state index in [1.807, 2.05) is 24.3 Å². The zero-order valence-electron chi connectivity index (χ0n) is 9.51. The Morgan fingerprint density at radius 2 is 2.18 bits per heavy atom. The second kappa shape index (κ2) is 5.36. The second-order valence-electron chi connectivity index (χ2n) is 3.49. The molecule has 0 unspecified atom stereocenters. The molecule has 0 atom stereocenters. The van der Waals surface area contributed by atoms with Crippen molar-refractivity contribution >= 4 is 16.8 Å². The summed E-state index contributed by atoms with van der Waals surface area (Å²) < 4.78 is 4.87. The van der Waals surface area contributed by atoms with Crippen molar-refractivity contribution in [3.8, 4) is 0 Å². The van der Waals surface area contributed by atoms with Gasteiger partial charge in [-0.3, -0.25) is 4.79 Å². The van der Waals surface area contributed by atoms with Crippen molar-refractivity contribution in [3.05, 3.63) is 36.3 Å². The predicted molar refractivity (Wildman–Crippen MR) is 63.7 cm³/mol. The van der Waals surface area contributed by atoms with Gasteiger partial charge in [-0.1, -0.05) is 18.2 Å². The highest BCUT2D eigenvalue weighted by Crippen LogP contribution is 2.13. The van der Waals surface area contributed by atoms with E-state index < -0.39 is 0 Å². The lowest BCUT2D eigenvalue weighted by Gasteiger charge is -2.05. The van der Waals surface area contributed by atoms with Gasteiger partial charge in [-0.15, -0.1) is 0 Å². The van der Waals surface area contributed by atoms with E-state index in [0.717, 1.165) is 10.9 Å². The highest BCUT2D eigenvalue weighted by molar-refractivity contribution is 6.04. The number of para-hydroxylation sites is 1. The average molecular weight is 231 g/mol. The molecule has 0 saturated heterocycles. The van der Waals surface area contributed by atoms with E-state index in [9.17, 15) is 4.79 Å². The molecule has 0 fully saturated rings. The molecule has 0 aliphatic carbocycles. The number of carbonyl (C=O) groups excluding carboxylic acids is 1. The molecule has 5 nitrogen and oxygen atoms in total. The third kappa shape index (κ3) is 2.57. The average Bonchev–Trinajstić information content (AvgIpc) is 2.38. The molecule has 17 heavy (non-hydrogen) atoms. The number of fused-ring (bicyclic) bond motifs is 1.